The molecule has 8 nitrogen and oxygen atoms in total. The lowest BCUT2D eigenvalue weighted by atomic mass is 10.0. The minimum atomic E-state index is -0.959. The van der Waals surface area contributed by atoms with Crippen molar-refractivity contribution < 1.29 is 23.9 Å². The predicted octanol–water partition coefficient (Wildman–Crippen LogP) is 3.33. The van der Waals surface area contributed by atoms with E-state index in [1.807, 2.05) is 6.07 Å². The summed E-state index contributed by atoms with van der Waals surface area (Å²) < 4.78 is 12.0. The number of aromatic nitrogens is 1. The predicted molar refractivity (Wildman–Crippen MR) is 115 cm³/mol. The summed E-state index contributed by atoms with van der Waals surface area (Å²) in [5, 5.41) is 3.17. The second-order valence-corrected chi connectivity index (χ2v) is 8.72. The van der Waals surface area contributed by atoms with Gasteiger partial charge in [-0.15, -0.1) is 0 Å². The molecule has 0 fully saturated rings. The van der Waals surface area contributed by atoms with Gasteiger partial charge in [0.25, 0.3) is 11.8 Å². The Hall–Kier alpha value is -3.46. The summed E-state index contributed by atoms with van der Waals surface area (Å²) in [4.78, 5) is 44.5. The van der Waals surface area contributed by atoms with Crippen LogP contribution in [0.4, 0.5) is 5.13 Å². The Morgan fingerprint density at radius 3 is 2.29 bits per heavy atom. The Bertz CT molecular complexity index is 1160. The Labute approximate surface area is 181 Å². The van der Waals surface area contributed by atoms with E-state index in [9.17, 15) is 14.4 Å². The van der Waals surface area contributed by atoms with Gasteiger partial charge < -0.3 is 14.8 Å². The van der Waals surface area contributed by atoms with Crippen LogP contribution >= 0.6 is 11.3 Å². The molecule has 0 bridgehead atoms. The third-order valence-corrected chi connectivity index (χ3v) is 6.22. The van der Waals surface area contributed by atoms with E-state index in [1.54, 1.807) is 44.2 Å². The first-order valence-electron chi connectivity index (χ1n) is 9.92. The van der Waals surface area contributed by atoms with Crippen LogP contribution in [0.2, 0.25) is 0 Å². The van der Waals surface area contributed by atoms with Crippen molar-refractivity contribution in [2.45, 2.75) is 19.9 Å². The number of hydrogen-bond donors (Lipinski definition) is 1. The maximum Gasteiger partial charge on any atom is 0.262 e. The zero-order valence-electron chi connectivity index (χ0n) is 16.9. The Morgan fingerprint density at radius 1 is 1.06 bits per heavy atom. The number of amides is 3. The second-order valence-electron chi connectivity index (χ2n) is 7.69. The molecule has 0 saturated heterocycles. The van der Waals surface area contributed by atoms with Crippen molar-refractivity contribution in [2.24, 2.45) is 5.92 Å². The van der Waals surface area contributed by atoms with Gasteiger partial charge in [-0.25, -0.2) is 4.98 Å². The van der Waals surface area contributed by atoms with Crippen LogP contribution in [0.15, 0.2) is 36.4 Å². The molecule has 5 rings (SSSR count). The monoisotopic (exact) mass is 437 g/mol. The number of nitrogens with zero attached hydrogens (tertiary/aromatic N) is 2. The summed E-state index contributed by atoms with van der Waals surface area (Å²) >= 11 is 1.29. The first-order valence-corrected chi connectivity index (χ1v) is 10.7. The van der Waals surface area contributed by atoms with Crippen LogP contribution in [0.25, 0.3) is 10.2 Å². The number of hydrogen-bond acceptors (Lipinski definition) is 7. The number of nitrogens with one attached hydrogen (secondary N) is 1. The number of rotatable bonds is 4. The molecule has 9 heteroatoms. The molecule has 0 radical (unpaired) electrons. The third kappa shape index (κ3) is 3.21. The maximum absolute atomic E-state index is 13.2. The smallest absolute Gasteiger partial charge is 0.262 e. The van der Waals surface area contributed by atoms with Gasteiger partial charge in [0.05, 0.1) is 21.3 Å². The summed E-state index contributed by atoms with van der Waals surface area (Å²) in [6.07, 6.45) is 0. The highest BCUT2D eigenvalue weighted by Gasteiger charge is 2.44. The number of anilines is 1. The quantitative estimate of drug-likeness (QED) is 0.629. The van der Waals surface area contributed by atoms with Gasteiger partial charge >= 0.3 is 0 Å². The van der Waals surface area contributed by atoms with Gasteiger partial charge in [0.2, 0.25) is 5.91 Å². The average Bonchev–Trinajstić information content (AvgIpc) is 3.25. The number of benzene rings is 2. The molecule has 3 heterocycles. The van der Waals surface area contributed by atoms with Crippen molar-refractivity contribution in [2.75, 3.05) is 18.5 Å². The highest BCUT2D eigenvalue weighted by molar-refractivity contribution is 7.22. The van der Waals surface area contributed by atoms with Crippen molar-refractivity contribution in [1.82, 2.24) is 9.88 Å². The zero-order valence-corrected chi connectivity index (χ0v) is 17.7. The molecule has 3 amide bonds. The van der Waals surface area contributed by atoms with E-state index < -0.39 is 23.8 Å². The first-order chi connectivity index (χ1) is 14.9. The summed E-state index contributed by atoms with van der Waals surface area (Å²) in [7, 11) is 0. The third-order valence-electron chi connectivity index (χ3n) is 5.29. The highest BCUT2D eigenvalue weighted by atomic mass is 32.1. The van der Waals surface area contributed by atoms with E-state index in [-0.39, 0.29) is 5.92 Å². The van der Waals surface area contributed by atoms with Crippen molar-refractivity contribution in [1.29, 1.82) is 0 Å². The molecular formula is C22H19N3O5S. The van der Waals surface area contributed by atoms with Crippen molar-refractivity contribution in [3.05, 3.63) is 47.5 Å². The molecule has 2 aromatic carbocycles. The SMILES string of the molecule is CC(C)C(C(=O)Nc1nc2cc3c(cc2s1)OCCO3)N1C(=O)c2ccccc2C1=O. The second kappa shape index (κ2) is 7.35. The van der Waals surface area contributed by atoms with Gasteiger partial charge in [-0.2, -0.15) is 0 Å². The fourth-order valence-corrected chi connectivity index (χ4v) is 4.76. The van der Waals surface area contributed by atoms with Crippen LogP contribution in [-0.4, -0.2) is 46.9 Å². The number of thiazole rings is 1. The van der Waals surface area contributed by atoms with Crippen molar-refractivity contribution >= 4 is 44.4 Å². The first kappa shape index (κ1) is 19.5. The Kier molecular flexibility index (Phi) is 4.62. The average molecular weight is 437 g/mol. The van der Waals surface area contributed by atoms with E-state index in [0.717, 1.165) is 9.60 Å². The molecular weight excluding hydrogens is 418 g/mol. The molecule has 3 aromatic rings. The molecule has 1 unspecified atom stereocenters. The summed E-state index contributed by atoms with van der Waals surface area (Å²) in [6.45, 7) is 4.56. The number of ether oxygens (including phenoxy) is 2. The Morgan fingerprint density at radius 2 is 1.68 bits per heavy atom. The molecule has 1 aromatic heterocycles. The molecule has 2 aliphatic heterocycles. The fraction of sp³-hybridized carbons (Fsp3) is 0.273. The van der Waals surface area contributed by atoms with E-state index >= 15 is 0 Å². The molecule has 31 heavy (non-hydrogen) atoms. The lowest BCUT2D eigenvalue weighted by Gasteiger charge is -2.27. The largest absolute Gasteiger partial charge is 0.486 e. The summed E-state index contributed by atoms with van der Waals surface area (Å²) in [5.74, 6) is -0.396. The van der Waals surface area contributed by atoms with Gasteiger partial charge in [0.1, 0.15) is 19.3 Å². The minimum absolute atomic E-state index is 0.286. The standard InChI is InChI=1S/C22H19N3O5S/c1-11(2)18(25-20(27)12-5-3-4-6-13(12)21(25)28)19(26)24-22-23-14-9-15-16(10-17(14)31-22)30-8-7-29-15/h3-6,9-11,18H,7-8H2,1-2H3,(H,23,24,26). The highest BCUT2D eigenvalue weighted by Crippen LogP contribution is 2.38. The summed E-state index contributed by atoms with van der Waals surface area (Å²) in [6, 6.07) is 9.26. The van der Waals surface area contributed by atoms with Crippen LogP contribution in [0.3, 0.4) is 0 Å². The van der Waals surface area contributed by atoms with Crippen LogP contribution in [-0.2, 0) is 4.79 Å². The van der Waals surface area contributed by atoms with Crippen LogP contribution in [0.1, 0.15) is 34.6 Å². The maximum atomic E-state index is 13.2. The summed E-state index contributed by atoms with van der Waals surface area (Å²) in [5.41, 5.74) is 1.31. The van der Waals surface area contributed by atoms with Crippen molar-refractivity contribution in [3.8, 4) is 11.5 Å². The van der Waals surface area contributed by atoms with E-state index in [1.165, 1.54) is 11.3 Å². The van der Waals surface area contributed by atoms with Gasteiger partial charge in [-0.05, 0) is 18.1 Å². The van der Waals surface area contributed by atoms with E-state index in [0.29, 0.717) is 46.5 Å². The lowest BCUT2D eigenvalue weighted by Crippen LogP contribution is -2.50. The minimum Gasteiger partial charge on any atom is -0.486 e. The lowest BCUT2D eigenvalue weighted by molar-refractivity contribution is -0.121. The molecule has 158 valence electrons. The van der Waals surface area contributed by atoms with Gasteiger partial charge in [0, 0.05) is 12.1 Å². The number of carbonyl (C=O) groups excluding carboxylic acids is 3. The zero-order chi connectivity index (χ0) is 21.7. The van der Waals surface area contributed by atoms with E-state index in [4.69, 9.17) is 9.47 Å². The van der Waals surface area contributed by atoms with Crippen LogP contribution in [0, 0.1) is 5.92 Å². The van der Waals surface area contributed by atoms with Gasteiger partial charge in [-0.1, -0.05) is 37.3 Å². The fourth-order valence-electron chi connectivity index (χ4n) is 3.88. The molecule has 2 aliphatic rings. The van der Waals surface area contributed by atoms with Crippen molar-refractivity contribution in [3.63, 3.8) is 0 Å². The van der Waals surface area contributed by atoms with Gasteiger partial charge in [-0.3, -0.25) is 19.3 Å². The molecule has 0 saturated carbocycles. The number of fused-ring (bicyclic) bond motifs is 3. The van der Waals surface area contributed by atoms with Crippen LogP contribution in [0.5, 0.6) is 11.5 Å². The normalized spacial score (nSPS) is 16.0. The van der Waals surface area contributed by atoms with E-state index in [2.05, 4.69) is 10.3 Å². The molecule has 0 spiro atoms. The van der Waals surface area contributed by atoms with Gasteiger partial charge in [0.15, 0.2) is 16.6 Å². The molecule has 0 aliphatic carbocycles. The number of carbonyl (C=O) groups is 3. The molecule has 1 N–H and O–H groups in total. The topological polar surface area (TPSA) is 97.8 Å². The Balaban J connectivity index is 1.43. The van der Waals surface area contributed by atoms with Crippen LogP contribution < -0.4 is 14.8 Å². The number of imide groups is 1. The molecule has 1 atom stereocenters.